The second-order valence-corrected chi connectivity index (χ2v) is 5.82. The predicted molar refractivity (Wildman–Crippen MR) is 102 cm³/mol. The molecule has 0 unspecified atom stereocenters. The highest BCUT2D eigenvalue weighted by Gasteiger charge is 2.14. The van der Waals surface area contributed by atoms with E-state index in [-0.39, 0.29) is 0 Å². The number of nitrogens with zero attached hydrogens (tertiary/aromatic N) is 1. The van der Waals surface area contributed by atoms with Gasteiger partial charge in [-0.3, -0.25) is 0 Å². The van der Waals surface area contributed by atoms with E-state index in [2.05, 4.69) is 29.5 Å². The first-order chi connectivity index (χ1) is 11.6. The number of hydrogen-bond donors (Lipinski definition) is 1. The van der Waals surface area contributed by atoms with E-state index in [1.165, 1.54) is 12.7 Å². The fourth-order valence-corrected chi connectivity index (χ4v) is 2.47. The predicted octanol–water partition coefficient (Wildman–Crippen LogP) is 3.78. The average molecular weight is 342 g/mol. The Kier molecular flexibility index (Phi) is 6.32. The fourth-order valence-electron chi connectivity index (χ4n) is 2.32. The minimum atomic E-state index is 0.426. The van der Waals surface area contributed by atoms with E-state index < -0.39 is 0 Å². The summed E-state index contributed by atoms with van der Waals surface area (Å²) in [6.45, 7) is 4.51. The number of thiocarbonyl (C=S) groups is 1. The Hall–Kier alpha value is -2.40. The van der Waals surface area contributed by atoms with Crippen LogP contribution in [0, 0.1) is 13.8 Å². The molecule has 0 aliphatic rings. The minimum absolute atomic E-state index is 0.426. The maximum absolute atomic E-state index is 6.03. The molecule has 4 nitrogen and oxygen atoms in total. The number of aryl methyl sites for hydroxylation is 2. The molecule has 0 fully saturated rings. The summed E-state index contributed by atoms with van der Waals surface area (Å²) in [6, 6.07) is 14.1. The zero-order valence-electron chi connectivity index (χ0n) is 14.4. The van der Waals surface area contributed by atoms with E-state index in [9.17, 15) is 0 Å². The number of likely N-dealkylation sites (N-methyl/N-ethyl adjacent to an activating group) is 1. The number of nitrogens with one attached hydrogen (secondary N) is 1. The van der Waals surface area contributed by atoms with Crippen LogP contribution in [0.1, 0.15) is 22.3 Å². The highest BCUT2D eigenvalue weighted by atomic mass is 32.1. The van der Waals surface area contributed by atoms with E-state index in [0.717, 1.165) is 22.4 Å². The lowest BCUT2D eigenvalue weighted by Crippen LogP contribution is -2.27. The third-order valence-electron chi connectivity index (χ3n) is 3.62. The molecule has 0 aliphatic heterocycles. The molecule has 0 saturated carbocycles. The molecular weight excluding hydrogens is 320 g/mol. The van der Waals surface area contributed by atoms with Crippen LogP contribution < -0.4 is 10.1 Å². The smallest absolute Gasteiger partial charge is 0.144 e. The molecule has 0 bridgehead atoms. The molecular formula is C19H22N2O2S. The molecule has 0 heterocycles. The van der Waals surface area contributed by atoms with Gasteiger partial charge in [0.25, 0.3) is 0 Å². The summed E-state index contributed by atoms with van der Waals surface area (Å²) < 4.78 is 6.03. The van der Waals surface area contributed by atoms with Crippen LogP contribution in [0.15, 0.2) is 47.6 Å². The van der Waals surface area contributed by atoms with Gasteiger partial charge in [0.2, 0.25) is 0 Å². The minimum Gasteiger partial charge on any atom is -0.489 e. The summed E-state index contributed by atoms with van der Waals surface area (Å²) in [5, 5.41) is 7.02. The zero-order chi connectivity index (χ0) is 17.5. The number of ether oxygens (including phenoxy) is 1. The van der Waals surface area contributed by atoms with E-state index >= 15 is 0 Å². The van der Waals surface area contributed by atoms with Crippen molar-refractivity contribution in [3.63, 3.8) is 0 Å². The van der Waals surface area contributed by atoms with Crippen LogP contribution >= 0.6 is 12.2 Å². The summed E-state index contributed by atoms with van der Waals surface area (Å²) in [5.41, 5.74) is 4.75. The van der Waals surface area contributed by atoms with Crippen molar-refractivity contribution in [2.75, 3.05) is 14.2 Å². The maximum atomic E-state index is 6.03. The molecule has 5 heteroatoms. The van der Waals surface area contributed by atoms with Gasteiger partial charge in [-0.2, -0.15) is 0 Å². The Morgan fingerprint density at radius 1 is 1.17 bits per heavy atom. The van der Waals surface area contributed by atoms with Crippen LogP contribution in [0.5, 0.6) is 5.75 Å². The summed E-state index contributed by atoms with van der Waals surface area (Å²) >= 11 is 5.34. The molecule has 0 aliphatic carbocycles. The molecule has 2 rings (SSSR count). The highest BCUT2D eigenvalue weighted by molar-refractivity contribution is 7.82. The molecule has 2 aromatic rings. The fraction of sp³-hybridized carbons (Fsp3) is 0.263. The standard InChI is InChI=1S/C19H22N2O2S/c1-13-9-10-14(2)17(11-13)23-12-15-7-5-6-8-16(15)18(21-22-4)19(24)20-3/h5-11H,12H2,1-4H3,(H,20,24)/b21-18-. The lowest BCUT2D eigenvalue weighted by atomic mass is 10.0. The molecule has 0 atom stereocenters. The second kappa shape index (κ2) is 8.45. The van der Waals surface area contributed by atoms with Crippen molar-refractivity contribution in [2.45, 2.75) is 20.5 Å². The SMILES string of the molecule is CNC(=S)/C(=N\OC)c1ccccc1COc1cc(C)ccc1C. The van der Waals surface area contributed by atoms with Crippen molar-refractivity contribution in [3.8, 4) is 5.75 Å². The Morgan fingerprint density at radius 2 is 1.92 bits per heavy atom. The first-order valence-electron chi connectivity index (χ1n) is 7.68. The van der Waals surface area contributed by atoms with Gasteiger partial charge in [0, 0.05) is 12.6 Å². The van der Waals surface area contributed by atoms with Gasteiger partial charge < -0.3 is 14.9 Å². The van der Waals surface area contributed by atoms with Crippen LogP contribution in [0.25, 0.3) is 0 Å². The van der Waals surface area contributed by atoms with Crippen molar-refractivity contribution >= 4 is 22.9 Å². The van der Waals surface area contributed by atoms with Gasteiger partial charge in [-0.25, -0.2) is 0 Å². The van der Waals surface area contributed by atoms with Gasteiger partial charge in [-0.15, -0.1) is 0 Å². The first-order valence-corrected chi connectivity index (χ1v) is 8.09. The first kappa shape index (κ1) is 17.9. The molecule has 1 N–H and O–H groups in total. The molecule has 2 aromatic carbocycles. The third-order valence-corrected chi connectivity index (χ3v) is 4.02. The van der Waals surface area contributed by atoms with Crippen LogP contribution in [0.2, 0.25) is 0 Å². The number of benzene rings is 2. The van der Waals surface area contributed by atoms with Crippen molar-refractivity contribution < 1.29 is 9.57 Å². The molecule has 0 saturated heterocycles. The van der Waals surface area contributed by atoms with Crippen molar-refractivity contribution in [3.05, 3.63) is 64.7 Å². The Bertz CT molecular complexity index is 757. The lowest BCUT2D eigenvalue weighted by Gasteiger charge is -2.14. The van der Waals surface area contributed by atoms with Crippen molar-refractivity contribution in [1.82, 2.24) is 5.32 Å². The van der Waals surface area contributed by atoms with Gasteiger partial charge in [0.15, 0.2) is 0 Å². The largest absolute Gasteiger partial charge is 0.489 e. The van der Waals surface area contributed by atoms with Crippen molar-refractivity contribution in [2.24, 2.45) is 5.16 Å². The molecule has 0 aromatic heterocycles. The Morgan fingerprint density at radius 3 is 2.62 bits per heavy atom. The highest BCUT2D eigenvalue weighted by Crippen LogP contribution is 2.21. The molecule has 0 spiro atoms. The third kappa shape index (κ3) is 4.32. The van der Waals surface area contributed by atoms with E-state index in [4.69, 9.17) is 21.8 Å². The molecule has 0 radical (unpaired) electrons. The monoisotopic (exact) mass is 342 g/mol. The van der Waals surface area contributed by atoms with E-state index in [1.54, 1.807) is 7.05 Å². The van der Waals surface area contributed by atoms with Crippen LogP contribution in [0.4, 0.5) is 0 Å². The van der Waals surface area contributed by atoms with Gasteiger partial charge in [-0.05, 0) is 36.6 Å². The topological polar surface area (TPSA) is 42.9 Å². The van der Waals surface area contributed by atoms with E-state index in [0.29, 0.717) is 17.3 Å². The Balaban J connectivity index is 2.30. The number of hydrogen-bond acceptors (Lipinski definition) is 4. The van der Waals surface area contributed by atoms with Crippen LogP contribution in [0.3, 0.4) is 0 Å². The average Bonchev–Trinajstić information content (AvgIpc) is 2.60. The molecule has 24 heavy (non-hydrogen) atoms. The van der Waals surface area contributed by atoms with Gasteiger partial charge in [0.05, 0.1) is 0 Å². The normalized spacial score (nSPS) is 11.1. The molecule has 126 valence electrons. The second-order valence-electron chi connectivity index (χ2n) is 5.42. The summed E-state index contributed by atoms with van der Waals surface area (Å²) in [4.78, 5) is 5.48. The summed E-state index contributed by atoms with van der Waals surface area (Å²) in [6.07, 6.45) is 0. The quantitative estimate of drug-likeness (QED) is 0.493. The lowest BCUT2D eigenvalue weighted by molar-refractivity contribution is 0.214. The van der Waals surface area contributed by atoms with Gasteiger partial charge in [-0.1, -0.05) is 53.8 Å². The van der Waals surface area contributed by atoms with Crippen LogP contribution in [-0.2, 0) is 11.4 Å². The van der Waals surface area contributed by atoms with Gasteiger partial charge >= 0.3 is 0 Å². The van der Waals surface area contributed by atoms with E-state index in [1.807, 2.05) is 37.3 Å². The van der Waals surface area contributed by atoms with Gasteiger partial charge in [0.1, 0.15) is 30.2 Å². The number of rotatable bonds is 6. The van der Waals surface area contributed by atoms with Crippen molar-refractivity contribution in [1.29, 1.82) is 0 Å². The maximum Gasteiger partial charge on any atom is 0.144 e. The van der Waals surface area contributed by atoms with Crippen LogP contribution in [-0.4, -0.2) is 24.9 Å². The number of oxime groups is 1. The Labute approximate surface area is 148 Å². The summed E-state index contributed by atoms with van der Waals surface area (Å²) in [7, 11) is 3.27. The summed E-state index contributed by atoms with van der Waals surface area (Å²) in [5.74, 6) is 0.881. The zero-order valence-corrected chi connectivity index (χ0v) is 15.2. The molecule has 0 amide bonds.